The average Bonchev–Trinajstić information content (AvgIpc) is 2.67. The maximum absolute atomic E-state index is 11.7. The van der Waals surface area contributed by atoms with Crippen molar-refractivity contribution in [1.29, 1.82) is 0 Å². The molecular formula is C22H30O5Si. The summed E-state index contributed by atoms with van der Waals surface area (Å²) in [5.41, 5.74) is 0.206. The van der Waals surface area contributed by atoms with Crippen LogP contribution in [0.3, 0.4) is 0 Å². The highest BCUT2D eigenvalue weighted by Crippen LogP contribution is 2.17. The molecule has 0 heterocycles. The number of carboxylic acids is 1. The van der Waals surface area contributed by atoms with Crippen LogP contribution in [0.15, 0.2) is 60.7 Å². The molecule has 1 unspecified atom stereocenters. The normalized spacial score (nSPS) is 12.9. The van der Waals surface area contributed by atoms with E-state index in [1.807, 2.05) is 60.7 Å². The highest BCUT2D eigenvalue weighted by atomic mass is 28.3. The van der Waals surface area contributed by atoms with Gasteiger partial charge in [-0.25, -0.2) is 4.79 Å². The highest BCUT2D eigenvalue weighted by Gasteiger charge is 2.27. The molecule has 0 saturated carbocycles. The first-order valence-corrected chi connectivity index (χ1v) is 11.2. The monoisotopic (exact) mass is 402 g/mol. The number of carbonyl (C=O) groups is 1. The number of carboxylic acid groups (broad SMARTS) is 1. The minimum absolute atomic E-state index is 0.172. The van der Waals surface area contributed by atoms with Gasteiger partial charge < -0.3 is 19.0 Å². The SMILES string of the molecule is CC(C)(C)CCOCCOC(O[SiH](c1ccccc1)c1ccccc1)C(=O)O. The highest BCUT2D eigenvalue weighted by molar-refractivity contribution is 6.80. The second-order valence-corrected chi connectivity index (χ2v) is 10.2. The van der Waals surface area contributed by atoms with Gasteiger partial charge in [0.15, 0.2) is 0 Å². The standard InChI is InChI=1S/C22H30O5Si/c1-22(2,3)14-15-25-16-17-26-21(20(23)24)27-28(18-10-6-4-7-11-18)19-12-8-5-9-13-19/h4-13,21,28H,14-17H2,1-3H3,(H,23,24). The van der Waals surface area contributed by atoms with Crippen molar-refractivity contribution in [2.75, 3.05) is 19.8 Å². The number of benzene rings is 2. The van der Waals surface area contributed by atoms with Gasteiger partial charge in [-0.1, -0.05) is 81.4 Å². The first-order valence-electron chi connectivity index (χ1n) is 9.54. The molecule has 0 aliphatic rings. The van der Waals surface area contributed by atoms with Crippen molar-refractivity contribution < 1.29 is 23.8 Å². The zero-order valence-corrected chi connectivity index (χ0v) is 18.0. The molecule has 6 heteroatoms. The number of hydrogen-bond donors (Lipinski definition) is 1. The van der Waals surface area contributed by atoms with E-state index in [1.54, 1.807) is 0 Å². The van der Waals surface area contributed by atoms with Gasteiger partial charge in [0, 0.05) is 6.61 Å². The van der Waals surface area contributed by atoms with Crippen molar-refractivity contribution in [3.8, 4) is 0 Å². The Morgan fingerprint density at radius 3 is 1.93 bits per heavy atom. The van der Waals surface area contributed by atoms with Crippen molar-refractivity contribution in [2.24, 2.45) is 5.41 Å². The van der Waals surface area contributed by atoms with E-state index >= 15 is 0 Å². The fourth-order valence-corrected chi connectivity index (χ4v) is 4.88. The van der Waals surface area contributed by atoms with Crippen molar-refractivity contribution in [3.05, 3.63) is 60.7 Å². The molecule has 0 radical (unpaired) electrons. The number of ether oxygens (including phenoxy) is 2. The summed E-state index contributed by atoms with van der Waals surface area (Å²) in [6.07, 6.45) is -0.383. The third-order valence-corrected chi connectivity index (χ3v) is 6.66. The summed E-state index contributed by atoms with van der Waals surface area (Å²) in [5.74, 6) is -1.13. The molecule has 0 aliphatic heterocycles. The first kappa shape index (κ1) is 22.3. The smallest absolute Gasteiger partial charge is 0.360 e. The van der Waals surface area contributed by atoms with E-state index in [0.29, 0.717) is 13.2 Å². The van der Waals surface area contributed by atoms with E-state index in [4.69, 9.17) is 13.9 Å². The van der Waals surface area contributed by atoms with Crippen LogP contribution in [0.1, 0.15) is 27.2 Å². The Labute approximate surface area is 169 Å². The van der Waals surface area contributed by atoms with Crippen LogP contribution in [-0.2, 0) is 18.7 Å². The van der Waals surface area contributed by atoms with Crippen LogP contribution >= 0.6 is 0 Å². The zero-order valence-electron chi connectivity index (χ0n) is 16.8. The van der Waals surface area contributed by atoms with Gasteiger partial charge in [-0.15, -0.1) is 0 Å². The molecule has 152 valence electrons. The third kappa shape index (κ3) is 7.94. The Bertz CT molecular complexity index is 660. The molecule has 0 aromatic heterocycles. The molecule has 2 rings (SSSR count). The lowest BCUT2D eigenvalue weighted by Gasteiger charge is -2.22. The Kier molecular flexibility index (Phi) is 8.85. The molecule has 0 bridgehead atoms. The van der Waals surface area contributed by atoms with Gasteiger partial charge in [0.1, 0.15) is 0 Å². The minimum atomic E-state index is -2.20. The predicted molar refractivity (Wildman–Crippen MR) is 113 cm³/mol. The van der Waals surface area contributed by atoms with Crippen molar-refractivity contribution >= 4 is 25.4 Å². The van der Waals surface area contributed by atoms with E-state index < -0.39 is 21.3 Å². The Morgan fingerprint density at radius 2 is 1.46 bits per heavy atom. The lowest BCUT2D eigenvalue weighted by molar-refractivity contribution is -0.173. The quantitative estimate of drug-likeness (QED) is 0.355. The Morgan fingerprint density at radius 1 is 0.929 bits per heavy atom. The summed E-state index contributed by atoms with van der Waals surface area (Å²) < 4.78 is 17.1. The summed E-state index contributed by atoms with van der Waals surface area (Å²) in [7, 11) is -2.20. The van der Waals surface area contributed by atoms with Gasteiger partial charge in [-0.05, 0) is 22.2 Å². The number of hydrogen-bond acceptors (Lipinski definition) is 4. The van der Waals surface area contributed by atoms with E-state index in [2.05, 4.69) is 20.8 Å². The molecule has 28 heavy (non-hydrogen) atoms. The lowest BCUT2D eigenvalue weighted by Crippen LogP contribution is -2.49. The van der Waals surface area contributed by atoms with Crippen LogP contribution in [0.4, 0.5) is 0 Å². The second kappa shape index (κ2) is 11.1. The van der Waals surface area contributed by atoms with Gasteiger partial charge in [0.2, 0.25) is 15.3 Å². The first-order chi connectivity index (χ1) is 13.4. The summed E-state index contributed by atoms with van der Waals surface area (Å²) in [6.45, 7) is 7.59. The molecule has 0 amide bonds. The molecule has 0 aliphatic carbocycles. The van der Waals surface area contributed by atoms with E-state index in [9.17, 15) is 9.90 Å². The summed E-state index contributed by atoms with van der Waals surface area (Å²) >= 11 is 0. The minimum Gasteiger partial charge on any atom is -0.478 e. The van der Waals surface area contributed by atoms with Crippen molar-refractivity contribution in [3.63, 3.8) is 0 Å². The fourth-order valence-electron chi connectivity index (χ4n) is 2.59. The molecule has 1 N–H and O–H groups in total. The molecular weight excluding hydrogens is 372 g/mol. The van der Waals surface area contributed by atoms with Crippen LogP contribution < -0.4 is 10.4 Å². The number of aliphatic carboxylic acids is 1. The molecule has 1 atom stereocenters. The molecule has 0 spiro atoms. The van der Waals surface area contributed by atoms with Crippen LogP contribution in [0.25, 0.3) is 0 Å². The van der Waals surface area contributed by atoms with Gasteiger partial charge in [0.05, 0.1) is 13.2 Å². The zero-order chi connectivity index (χ0) is 20.4. The van der Waals surface area contributed by atoms with E-state index in [1.165, 1.54) is 0 Å². The Balaban J connectivity index is 1.96. The third-order valence-electron chi connectivity index (χ3n) is 4.16. The Hall–Kier alpha value is -1.99. The topological polar surface area (TPSA) is 65.0 Å². The predicted octanol–water partition coefficient (Wildman–Crippen LogP) is 2.42. The largest absolute Gasteiger partial charge is 0.478 e. The fraction of sp³-hybridized carbons (Fsp3) is 0.409. The van der Waals surface area contributed by atoms with Crippen molar-refractivity contribution in [2.45, 2.75) is 33.5 Å². The van der Waals surface area contributed by atoms with Crippen LogP contribution in [0, 0.1) is 5.41 Å². The maximum atomic E-state index is 11.7. The molecule has 2 aromatic carbocycles. The molecule has 5 nitrogen and oxygen atoms in total. The molecule has 0 saturated heterocycles. The maximum Gasteiger partial charge on any atom is 0.360 e. The van der Waals surface area contributed by atoms with Gasteiger partial charge in [-0.3, -0.25) is 0 Å². The number of rotatable bonds is 11. The van der Waals surface area contributed by atoms with Crippen LogP contribution in [0.2, 0.25) is 0 Å². The molecule has 0 fully saturated rings. The summed E-state index contributed by atoms with van der Waals surface area (Å²) in [4.78, 5) is 11.7. The van der Waals surface area contributed by atoms with Crippen molar-refractivity contribution in [1.82, 2.24) is 0 Å². The summed E-state index contributed by atoms with van der Waals surface area (Å²) in [5, 5.41) is 11.6. The second-order valence-electron chi connectivity index (χ2n) is 7.80. The summed E-state index contributed by atoms with van der Waals surface area (Å²) in [6, 6.07) is 19.5. The van der Waals surface area contributed by atoms with Gasteiger partial charge >= 0.3 is 5.97 Å². The van der Waals surface area contributed by atoms with Crippen LogP contribution in [0.5, 0.6) is 0 Å². The van der Waals surface area contributed by atoms with Gasteiger partial charge in [-0.2, -0.15) is 0 Å². The molecule has 2 aromatic rings. The van der Waals surface area contributed by atoms with E-state index in [0.717, 1.165) is 16.8 Å². The van der Waals surface area contributed by atoms with E-state index in [-0.39, 0.29) is 12.0 Å². The van der Waals surface area contributed by atoms with Gasteiger partial charge in [0.25, 0.3) is 0 Å². The van der Waals surface area contributed by atoms with Crippen LogP contribution in [-0.4, -0.2) is 46.2 Å². The lowest BCUT2D eigenvalue weighted by atomic mass is 9.93. The average molecular weight is 403 g/mol.